The molecule has 1 aromatic rings. The Hall–Kier alpha value is -1.20. The summed E-state index contributed by atoms with van der Waals surface area (Å²) in [6.45, 7) is 7.86. The fraction of sp³-hybridized carbons (Fsp3) is 0.714. The van der Waals surface area contributed by atoms with E-state index in [0.717, 1.165) is 44.2 Å². The maximum atomic E-state index is 5.04. The average molecular weight is 266 g/mol. The number of methoxy groups -OCH3 is 1. The first-order valence-corrected chi connectivity index (χ1v) is 6.87. The van der Waals surface area contributed by atoms with Gasteiger partial charge in [-0.25, -0.2) is 0 Å². The van der Waals surface area contributed by atoms with Crippen LogP contribution >= 0.6 is 0 Å². The van der Waals surface area contributed by atoms with E-state index in [-0.39, 0.29) is 0 Å². The molecule has 5 heteroatoms. The van der Waals surface area contributed by atoms with Crippen LogP contribution in [0.15, 0.2) is 12.1 Å². The van der Waals surface area contributed by atoms with Crippen molar-refractivity contribution in [1.82, 2.24) is 15.5 Å². The summed E-state index contributed by atoms with van der Waals surface area (Å²) >= 11 is 0. The lowest BCUT2D eigenvalue weighted by Crippen LogP contribution is -2.22. The van der Waals surface area contributed by atoms with Gasteiger partial charge in [0.2, 0.25) is 0 Å². The Bertz CT molecular complexity index is 340. The Kier molecular flexibility index (Phi) is 7.36. The summed E-state index contributed by atoms with van der Waals surface area (Å²) in [5, 5.41) is 11.8. The Labute approximate surface area is 116 Å². The van der Waals surface area contributed by atoms with Crippen molar-refractivity contribution in [2.45, 2.75) is 26.8 Å². The molecule has 0 amide bonds. The number of ether oxygens (including phenoxy) is 1. The zero-order valence-corrected chi connectivity index (χ0v) is 12.5. The van der Waals surface area contributed by atoms with Gasteiger partial charge < -0.3 is 15.0 Å². The van der Waals surface area contributed by atoms with Gasteiger partial charge in [-0.15, -0.1) is 5.10 Å². The molecule has 5 nitrogen and oxygen atoms in total. The van der Waals surface area contributed by atoms with Crippen LogP contribution in [-0.2, 0) is 11.3 Å². The summed E-state index contributed by atoms with van der Waals surface area (Å²) in [6, 6.07) is 4.05. The summed E-state index contributed by atoms with van der Waals surface area (Å²) in [5.74, 6) is 1.56. The molecule has 0 saturated heterocycles. The van der Waals surface area contributed by atoms with E-state index in [9.17, 15) is 0 Å². The number of hydrogen-bond acceptors (Lipinski definition) is 5. The zero-order valence-electron chi connectivity index (χ0n) is 12.5. The molecule has 0 unspecified atom stereocenters. The molecular weight excluding hydrogens is 240 g/mol. The second-order valence-electron chi connectivity index (χ2n) is 5.18. The van der Waals surface area contributed by atoms with E-state index in [2.05, 4.69) is 34.3 Å². The number of hydrogen-bond donors (Lipinski definition) is 1. The lowest BCUT2D eigenvalue weighted by Gasteiger charge is -2.17. The number of rotatable bonds is 9. The number of anilines is 1. The van der Waals surface area contributed by atoms with Crippen molar-refractivity contribution in [3.8, 4) is 0 Å². The van der Waals surface area contributed by atoms with Crippen molar-refractivity contribution in [3.63, 3.8) is 0 Å². The van der Waals surface area contributed by atoms with E-state index in [1.165, 1.54) is 0 Å². The van der Waals surface area contributed by atoms with Crippen molar-refractivity contribution in [2.75, 3.05) is 38.8 Å². The van der Waals surface area contributed by atoms with Crippen molar-refractivity contribution >= 4 is 5.82 Å². The topological polar surface area (TPSA) is 50.3 Å². The van der Waals surface area contributed by atoms with Gasteiger partial charge in [0, 0.05) is 33.9 Å². The maximum absolute atomic E-state index is 5.04. The van der Waals surface area contributed by atoms with Gasteiger partial charge in [0.15, 0.2) is 5.82 Å². The third-order valence-corrected chi connectivity index (χ3v) is 2.80. The van der Waals surface area contributed by atoms with E-state index in [1.54, 1.807) is 7.11 Å². The van der Waals surface area contributed by atoms with Crippen molar-refractivity contribution < 1.29 is 4.74 Å². The summed E-state index contributed by atoms with van der Waals surface area (Å²) in [5.41, 5.74) is 0.981. The van der Waals surface area contributed by atoms with Gasteiger partial charge in [-0.2, -0.15) is 5.10 Å². The van der Waals surface area contributed by atoms with E-state index in [4.69, 9.17) is 4.74 Å². The second kappa shape index (κ2) is 8.82. The summed E-state index contributed by atoms with van der Waals surface area (Å²) < 4.78 is 5.04. The minimum atomic E-state index is 0.652. The second-order valence-corrected chi connectivity index (χ2v) is 5.18. The highest BCUT2D eigenvalue weighted by molar-refractivity contribution is 5.35. The highest BCUT2D eigenvalue weighted by atomic mass is 16.5. The van der Waals surface area contributed by atoms with Crippen LogP contribution in [0.1, 0.15) is 26.0 Å². The third-order valence-electron chi connectivity index (χ3n) is 2.80. The molecule has 0 aliphatic rings. The van der Waals surface area contributed by atoms with E-state index in [1.807, 2.05) is 19.2 Å². The SMILES string of the molecule is COCCCN(C)c1ccc(CNCC(C)C)nn1. The quantitative estimate of drug-likeness (QED) is 0.689. The Balaban J connectivity index is 2.37. The zero-order chi connectivity index (χ0) is 14.1. The van der Waals surface area contributed by atoms with Gasteiger partial charge in [0.1, 0.15) is 0 Å². The third kappa shape index (κ3) is 6.50. The molecule has 0 bridgehead atoms. The van der Waals surface area contributed by atoms with Crippen molar-refractivity contribution in [1.29, 1.82) is 0 Å². The molecule has 1 heterocycles. The van der Waals surface area contributed by atoms with Gasteiger partial charge in [-0.3, -0.25) is 0 Å². The molecular formula is C14H26N4O. The summed E-state index contributed by atoms with van der Waals surface area (Å²) in [4.78, 5) is 2.09. The van der Waals surface area contributed by atoms with Gasteiger partial charge in [-0.1, -0.05) is 13.8 Å². The number of nitrogens with zero attached hydrogens (tertiary/aromatic N) is 3. The van der Waals surface area contributed by atoms with E-state index < -0.39 is 0 Å². The van der Waals surface area contributed by atoms with Gasteiger partial charge in [-0.05, 0) is 31.0 Å². The Morgan fingerprint density at radius 3 is 2.68 bits per heavy atom. The first kappa shape index (κ1) is 15.9. The standard InChI is InChI=1S/C14H26N4O/c1-12(2)10-15-11-13-6-7-14(17-16-13)18(3)8-5-9-19-4/h6-7,12,15H,5,8-11H2,1-4H3. The highest BCUT2D eigenvalue weighted by Crippen LogP contribution is 2.07. The monoisotopic (exact) mass is 266 g/mol. The fourth-order valence-corrected chi connectivity index (χ4v) is 1.70. The molecule has 1 rings (SSSR count). The first-order chi connectivity index (χ1) is 9.13. The van der Waals surface area contributed by atoms with Crippen LogP contribution < -0.4 is 10.2 Å². The molecule has 0 saturated carbocycles. The smallest absolute Gasteiger partial charge is 0.150 e. The van der Waals surface area contributed by atoms with Crippen LogP contribution in [-0.4, -0.2) is 44.1 Å². The highest BCUT2D eigenvalue weighted by Gasteiger charge is 2.03. The molecule has 1 aromatic heterocycles. The van der Waals surface area contributed by atoms with Crippen LogP contribution in [0.25, 0.3) is 0 Å². The normalized spacial score (nSPS) is 11.0. The molecule has 0 aliphatic heterocycles. The predicted octanol–water partition coefficient (Wildman–Crippen LogP) is 1.69. The lowest BCUT2D eigenvalue weighted by atomic mass is 10.2. The minimum absolute atomic E-state index is 0.652. The van der Waals surface area contributed by atoms with Crippen LogP contribution in [0.2, 0.25) is 0 Å². The Morgan fingerprint density at radius 1 is 1.32 bits per heavy atom. The molecule has 108 valence electrons. The van der Waals surface area contributed by atoms with Crippen molar-refractivity contribution in [2.24, 2.45) is 5.92 Å². The number of nitrogens with one attached hydrogen (secondary N) is 1. The van der Waals surface area contributed by atoms with Gasteiger partial charge in [0.25, 0.3) is 0 Å². The van der Waals surface area contributed by atoms with Crippen LogP contribution in [0.5, 0.6) is 0 Å². The van der Waals surface area contributed by atoms with Crippen molar-refractivity contribution in [3.05, 3.63) is 17.8 Å². The molecule has 0 fully saturated rings. The number of aromatic nitrogens is 2. The molecule has 0 radical (unpaired) electrons. The van der Waals surface area contributed by atoms with Gasteiger partial charge in [0.05, 0.1) is 5.69 Å². The first-order valence-electron chi connectivity index (χ1n) is 6.87. The predicted molar refractivity (Wildman–Crippen MR) is 78.3 cm³/mol. The van der Waals surface area contributed by atoms with E-state index in [0.29, 0.717) is 5.92 Å². The average Bonchev–Trinajstić information content (AvgIpc) is 2.39. The summed E-state index contributed by atoms with van der Waals surface area (Å²) in [6.07, 6.45) is 0.992. The molecule has 0 aromatic carbocycles. The van der Waals surface area contributed by atoms with Crippen LogP contribution in [0.4, 0.5) is 5.82 Å². The maximum Gasteiger partial charge on any atom is 0.150 e. The molecule has 0 spiro atoms. The largest absolute Gasteiger partial charge is 0.385 e. The Morgan fingerprint density at radius 2 is 2.11 bits per heavy atom. The lowest BCUT2D eigenvalue weighted by molar-refractivity contribution is 0.196. The minimum Gasteiger partial charge on any atom is -0.385 e. The van der Waals surface area contributed by atoms with Crippen LogP contribution in [0, 0.1) is 5.92 Å². The van der Waals surface area contributed by atoms with Crippen LogP contribution in [0.3, 0.4) is 0 Å². The molecule has 19 heavy (non-hydrogen) atoms. The molecule has 0 aliphatic carbocycles. The molecule has 1 N–H and O–H groups in total. The fourth-order valence-electron chi connectivity index (χ4n) is 1.70. The van der Waals surface area contributed by atoms with E-state index >= 15 is 0 Å². The molecule has 0 atom stereocenters. The van der Waals surface area contributed by atoms with Gasteiger partial charge >= 0.3 is 0 Å². The summed E-state index contributed by atoms with van der Waals surface area (Å²) in [7, 11) is 3.75.